The van der Waals surface area contributed by atoms with Gasteiger partial charge in [0.05, 0.1) is 0 Å². The Hall–Kier alpha value is -2.11. The molecule has 13 heavy (non-hydrogen) atoms. The Morgan fingerprint density at radius 3 is 2.62 bits per heavy atom. The SMILES string of the molecule is NC(=O)N=Nc1ccc(O)cc1O. The highest BCUT2D eigenvalue weighted by Crippen LogP contribution is 2.29. The summed E-state index contributed by atoms with van der Waals surface area (Å²) in [5, 5.41) is 24.4. The van der Waals surface area contributed by atoms with Crippen LogP contribution in [0.4, 0.5) is 10.5 Å². The van der Waals surface area contributed by atoms with Gasteiger partial charge in [-0.15, -0.1) is 5.11 Å². The van der Waals surface area contributed by atoms with Crippen molar-refractivity contribution in [2.75, 3.05) is 0 Å². The molecule has 0 saturated carbocycles. The largest absolute Gasteiger partial charge is 0.508 e. The number of rotatable bonds is 1. The summed E-state index contributed by atoms with van der Waals surface area (Å²) in [5.74, 6) is -0.375. The lowest BCUT2D eigenvalue weighted by molar-refractivity contribution is 0.255. The van der Waals surface area contributed by atoms with Crippen molar-refractivity contribution in [2.24, 2.45) is 16.0 Å². The number of hydrogen-bond donors (Lipinski definition) is 3. The fraction of sp³-hybridized carbons (Fsp3) is 0. The van der Waals surface area contributed by atoms with Crippen LogP contribution in [-0.4, -0.2) is 16.2 Å². The number of carbonyl (C=O) groups excluding carboxylic acids is 1. The number of benzene rings is 1. The zero-order valence-electron chi connectivity index (χ0n) is 6.51. The van der Waals surface area contributed by atoms with Crippen molar-refractivity contribution in [1.82, 2.24) is 0 Å². The highest BCUT2D eigenvalue weighted by atomic mass is 16.3. The van der Waals surface area contributed by atoms with Gasteiger partial charge >= 0.3 is 6.03 Å². The van der Waals surface area contributed by atoms with Crippen molar-refractivity contribution < 1.29 is 15.0 Å². The van der Waals surface area contributed by atoms with Crippen LogP contribution < -0.4 is 5.73 Å². The molecule has 0 saturated heterocycles. The second-order valence-corrected chi connectivity index (χ2v) is 2.21. The van der Waals surface area contributed by atoms with E-state index in [2.05, 4.69) is 16.0 Å². The van der Waals surface area contributed by atoms with Crippen LogP contribution in [-0.2, 0) is 0 Å². The van der Waals surface area contributed by atoms with Crippen molar-refractivity contribution in [3.05, 3.63) is 18.2 Å². The fourth-order valence-electron chi connectivity index (χ4n) is 0.700. The van der Waals surface area contributed by atoms with E-state index in [-0.39, 0.29) is 17.2 Å². The van der Waals surface area contributed by atoms with Crippen molar-refractivity contribution >= 4 is 11.7 Å². The van der Waals surface area contributed by atoms with E-state index in [1.165, 1.54) is 12.1 Å². The third-order valence-electron chi connectivity index (χ3n) is 1.22. The average molecular weight is 181 g/mol. The van der Waals surface area contributed by atoms with E-state index in [1.54, 1.807) is 0 Å². The predicted molar refractivity (Wildman–Crippen MR) is 43.9 cm³/mol. The Morgan fingerprint density at radius 1 is 1.38 bits per heavy atom. The molecule has 0 aliphatic rings. The highest BCUT2D eigenvalue weighted by Gasteiger charge is 2.00. The summed E-state index contributed by atoms with van der Waals surface area (Å²) in [4.78, 5) is 10.2. The standard InChI is InChI=1S/C7H7N3O3/c8-7(13)10-9-5-2-1-4(11)3-6(5)12/h1-3,11-12H,(H2,8,13). The number of nitrogens with zero attached hydrogens (tertiary/aromatic N) is 2. The maximum Gasteiger partial charge on any atom is 0.356 e. The number of primary amides is 1. The topological polar surface area (TPSA) is 108 Å². The first-order chi connectivity index (χ1) is 6.09. The van der Waals surface area contributed by atoms with Crippen LogP contribution in [0.2, 0.25) is 0 Å². The summed E-state index contributed by atoms with van der Waals surface area (Å²) in [6.07, 6.45) is 0. The molecule has 4 N–H and O–H groups in total. The molecule has 68 valence electrons. The highest BCUT2D eigenvalue weighted by molar-refractivity contribution is 5.72. The molecule has 0 fully saturated rings. The summed E-state index contributed by atoms with van der Waals surface area (Å²) in [6, 6.07) is 2.73. The molecule has 1 rings (SSSR count). The van der Waals surface area contributed by atoms with Gasteiger partial charge in [0, 0.05) is 6.07 Å². The van der Waals surface area contributed by atoms with Gasteiger partial charge in [-0.3, -0.25) is 0 Å². The molecule has 0 atom stereocenters. The number of urea groups is 1. The Labute approximate surface area is 73.3 Å². The molecule has 0 bridgehead atoms. The van der Waals surface area contributed by atoms with Crippen LogP contribution in [0.5, 0.6) is 11.5 Å². The molecule has 0 spiro atoms. The first kappa shape index (κ1) is 8.98. The van der Waals surface area contributed by atoms with E-state index in [0.29, 0.717) is 0 Å². The van der Waals surface area contributed by atoms with Crippen molar-refractivity contribution in [1.29, 1.82) is 0 Å². The second kappa shape index (κ2) is 3.53. The maximum atomic E-state index is 10.2. The number of azo groups is 1. The van der Waals surface area contributed by atoms with Gasteiger partial charge in [0.15, 0.2) is 0 Å². The third kappa shape index (κ3) is 2.44. The minimum absolute atomic E-state index is 0.0663. The van der Waals surface area contributed by atoms with Gasteiger partial charge in [-0.1, -0.05) is 5.11 Å². The van der Waals surface area contributed by atoms with Gasteiger partial charge in [-0.2, -0.15) is 0 Å². The summed E-state index contributed by atoms with van der Waals surface area (Å²) in [7, 11) is 0. The number of amides is 2. The van der Waals surface area contributed by atoms with Gasteiger partial charge in [-0.05, 0) is 12.1 Å². The van der Waals surface area contributed by atoms with Crippen LogP contribution in [0, 0.1) is 0 Å². The molecule has 0 heterocycles. The Kier molecular flexibility index (Phi) is 2.44. The van der Waals surface area contributed by atoms with Gasteiger partial charge in [-0.25, -0.2) is 4.79 Å². The summed E-state index contributed by atoms with van der Waals surface area (Å²) in [5.41, 5.74) is 4.76. The van der Waals surface area contributed by atoms with E-state index in [0.717, 1.165) is 6.07 Å². The van der Waals surface area contributed by atoms with Crippen LogP contribution in [0.3, 0.4) is 0 Å². The number of carbonyl (C=O) groups is 1. The van der Waals surface area contributed by atoms with Crippen LogP contribution in [0.15, 0.2) is 28.4 Å². The average Bonchev–Trinajstić information content (AvgIpc) is 2.02. The quantitative estimate of drug-likeness (QED) is 0.567. The molecular weight excluding hydrogens is 174 g/mol. The molecule has 0 aromatic heterocycles. The number of phenols is 2. The Bertz CT molecular complexity index is 362. The van der Waals surface area contributed by atoms with Crippen LogP contribution in [0.1, 0.15) is 0 Å². The molecular formula is C7H7N3O3. The van der Waals surface area contributed by atoms with Gasteiger partial charge < -0.3 is 15.9 Å². The monoisotopic (exact) mass is 181 g/mol. The van der Waals surface area contributed by atoms with E-state index in [1.807, 2.05) is 0 Å². The molecule has 0 aliphatic heterocycles. The maximum absolute atomic E-state index is 10.2. The van der Waals surface area contributed by atoms with E-state index in [9.17, 15) is 4.79 Å². The number of hydrogen-bond acceptors (Lipinski definition) is 4. The first-order valence-electron chi connectivity index (χ1n) is 3.33. The number of nitrogens with two attached hydrogens (primary N) is 1. The van der Waals surface area contributed by atoms with Crippen molar-refractivity contribution in [3.63, 3.8) is 0 Å². The lowest BCUT2D eigenvalue weighted by atomic mass is 10.3. The molecule has 1 aromatic carbocycles. The normalized spacial score (nSPS) is 10.5. The van der Waals surface area contributed by atoms with Gasteiger partial charge in [0.25, 0.3) is 0 Å². The third-order valence-corrected chi connectivity index (χ3v) is 1.22. The molecule has 0 unspecified atom stereocenters. The minimum Gasteiger partial charge on any atom is -0.508 e. The smallest absolute Gasteiger partial charge is 0.356 e. The van der Waals surface area contributed by atoms with Crippen LogP contribution >= 0.6 is 0 Å². The lowest BCUT2D eigenvalue weighted by Gasteiger charge is -1.96. The predicted octanol–water partition coefficient (Wildman–Crippen LogP) is 1.26. The summed E-state index contributed by atoms with van der Waals surface area (Å²) >= 11 is 0. The number of phenolic OH excluding ortho intramolecular Hbond substituents is 2. The van der Waals surface area contributed by atoms with E-state index in [4.69, 9.17) is 10.2 Å². The summed E-state index contributed by atoms with van der Waals surface area (Å²) < 4.78 is 0. The molecule has 0 aliphatic carbocycles. The zero-order valence-corrected chi connectivity index (χ0v) is 6.51. The van der Waals surface area contributed by atoms with Gasteiger partial charge in [0.2, 0.25) is 0 Å². The zero-order chi connectivity index (χ0) is 9.84. The van der Waals surface area contributed by atoms with Crippen LogP contribution in [0.25, 0.3) is 0 Å². The Morgan fingerprint density at radius 2 is 2.08 bits per heavy atom. The molecule has 2 amide bonds. The molecule has 0 radical (unpaired) electrons. The lowest BCUT2D eigenvalue weighted by Crippen LogP contribution is -2.01. The fourth-order valence-corrected chi connectivity index (χ4v) is 0.700. The Balaban J connectivity index is 2.96. The molecule has 1 aromatic rings. The molecule has 6 heteroatoms. The molecule has 6 nitrogen and oxygen atoms in total. The van der Waals surface area contributed by atoms with E-state index >= 15 is 0 Å². The van der Waals surface area contributed by atoms with Crippen molar-refractivity contribution in [3.8, 4) is 11.5 Å². The second-order valence-electron chi connectivity index (χ2n) is 2.21. The van der Waals surface area contributed by atoms with Crippen molar-refractivity contribution in [2.45, 2.75) is 0 Å². The van der Waals surface area contributed by atoms with E-state index < -0.39 is 6.03 Å². The minimum atomic E-state index is -0.951. The number of aromatic hydroxyl groups is 2. The van der Waals surface area contributed by atoms with Gasteiger partial charge in [0.1, 0.15) is 17.2 Å². The summed E-state index contributed by atoms with van der Waals surface area (Å²) in [6.45, 7) is 0. The first-order valence-corrected chi connectivity index (χ1v) is 3.33.